The Morgan fingerprint density at radius 3 is 2.55 bits per heavy atom. The molecule has 1 aromatic carbocycles. The Labute approximate surface area is 128 Å². The first-order chi connectivity index (χ1) is 9.61. The lowest BCUT2D eigenvalue weighted by Gasteiger charge is -2.11. The van der Waals surface area contributed by atoms with Crippen LogP contribution in [-0.2, 0) is 6.42 Å². The lowest BCUT2D eigenvalue weighted by molar-refractivity contribution is 0.993. The Hall–Kier alpha value is -1.49. The molecule has 4 N–H and O–H groups in total. The number of anilines is 2. The maximum atomic E-state index is 6.09. The summed E-state index contributed by atoms with van der Waals surface area (Å²) in [5.41, 5.74) is 5.00. The molecular weight excluding hydrogens is 295 g/mol. The number of halogens is 2. The van der Waals surface area contributed by atoms with Crippen LogP contribution in [0.4, 0.5) is 11.6 Å². The van der Waals surface area contributed by atoms with Crippen LogP contribution in [0.5, 0.6) is 0 Å². The van der Waals surface area contributed by atoms with E-state index in [0.29, 0.717) is 21.7 Å². The summed E-state index contributed by atoms with van der Waals surface area (Å²) in [6, 6.07) is 9.89. The zero-order chi connectivity index (χ0) is 14.5. The van der Waals surface area contributed by atoms with Crippen LogP contribution in [0.25, 0.3) is 0 Å². The van der Waals surface area contributed by atoms with Crippen molar-refractivity contribution in [3.05, 3.63) is 51.5 Å². The second-order valence-electron chi connectivity index (χ2n) is 4.40. The van der Waals surface area contributed by atoms with Gasteiger partial charge in [0.2, 0.25) is 0 Å². The van der Waals surface area contributed by atoms with Crippen molar-refractivity contribution in [3.63, 3.8) is 0 Å². The first-order valence-corrected chi connectivity index (χ1v) is 6.98. The van der Waals surface area contributed by atoms with Crippen LogP contribution in [0.2, 0.25) is 10.0 Å². The second-order valence-corrected chi connectivity index (χ2v) is 5.21. The predicted molar refractivity (Wildman–Crippen MR) is 85.4 cm³/mol. The summed E-state index contributed by atoms with van der Waals surface area (Å²) in [4.78, 5) is 4.23. The minimum Gasteiger partial charge on any atom is -0.368 e. The van der Waals surface area contributed by atoms with Gasteiger partial charge >= 0.3 is 0 Å². The lowest BCUT2D eigenvalue weighted by Crippen LogP contribution is -2.12. The number of nitrogens with two attached hydrogens (primary N) is 1. The highest BCUT2D eigenvalue weighted by atomic mass is 35.5. The molecule has 0 unspecified atom stereocenters. The van der Waals surface area contributed by atoms with Crippen molar-refractivity contribution in [2.45, 2.75) is 13.3 Å². The Morgan fingerprint density at radius 1 is 1.15 bits per heavy atom. The van der Waals surface area contributed by atoms with E-state index in [0.717, 1.165) is 13.0 Å². The maximum absolute atomic E-state index is 6.09. The fourth-order valence-corrected chi connectivity index (χ4v) is 2.38. The van der Waals surface area contributed by atoms with E-state index in [1.807, 2.05) is 12.1 Å². The summed E-state index contributed by atoms with van der Waals surface area (Å²) < 4.78 is 0. The number of nitrogen functional groups attached to an aromatic ring is 1. The van der Waals surface area contributed by atoms with E-state index in [9.17, 15) is 0 Å². The van der Waals surface area contributed by atoms with Crippen molar-refractivity contribution < 1.29 is 0 Å². The van der Waals surface area contributed by atoms with Crippen LogP contribution in [0.15, 0.2) is 30.3 Å². The number of aromatic nitrogens is 1. The third-order valence-electron chi connectivity index (χ3n) is 3.01. The number of benzene rings is 1. The van der Waals surface area contributed by atoms with E-state index >= 15 is 0 Å². The summed E-state index contributed by atoms with van der Waals surface area (Å²) in [7, 11) is 0. The molecule has 1 aromatic heterocycles. The average Bonchev–Trinajstić information content (AvgIpc) is 2.43. The van der Waals surface area contributed by atoms with Crippen molar-refractivity contribution in [3.8, 4) is 0 Å². The van der Waals surface area contributed by atoms with Crippen LogP contribution in [0.3, 0.4) is 0 Å². The quantitative estimate of drug-likeness (QED) is 0.583. The summed E-state index contributed by atoms with van der Waals surface area (Å²) in [6.45, 7) is 2.82. The smallest absolute Gasteiger partial charge is 0.161 e. The van der Waals surface area contributed by atoms with E-state index in [4.69, 9.17) is 29.0 Å². The molecule has 0 saturated carbocycles. The number of hydrogen-bond donors (Lipinski definition) is 3. The van der Waals surface area contributed by atoms with Gasteiger partial charge in [-0.2, -0.15) is 0 Å². The summed E-state index contributed by atoms with van der Waals surface area (Å²) in [6.07, 6.45) is 0.888. The van der Waals surface area contributed by atoms with Gasteiger partial charge in [0, 0.05) is 6.54 Å². The molecule has 106 valence electrons. The molecule has 0 amide bonds. The van der Waals surface area contributed by atoms with Crippen LogP contribution in [-0.4, -0.2) is 11.5 Å². The van der Waals surface area contributed by atoms with Gasteiger partial charge in [-0.15, -0.1) is 0 Å². The molecule has 0 saturated heterocycles. The molecule has 2 rings (SSSR count). The molecule has 6 heteroatoms. The van der Waals surface area contributed by atoms with Gasteiger partial charge in [-0.1, -0.05) is 47.5 Å². The summed E-state index contributed by atoms with van der Waals surface area (Å²) >= 11 is 12.0. The molecule has 4 nitrogen and oxygen atoms in total. The molecule has 0 bridgehead atoms. The van der Waals surface area contributed by atoms with Crippen molar-refractivity contribution >= 4 is 34.8 Å². The maximum Gasteiger partial charge on any atom is 0.161 e. The Morgan fingerprint density at radius 2 is 1.85 bits per heavy atom. The SMILES string of the molecule is Cc1ccccc1CCNc1nc(NN)c(Cl)cc1Cl. The molecule has 0 atom stereocenters. The summed E-state index contributed by atoms with van der Waals surface area (Å²) in [5.74, 6) is 6.31. The largest absolute Gasteiger partial charge is 0.368 e. The Balaban J connectivity index is 2.03. The highest BCUT2D eigenvalue weighted by Gasteiger charge is 2.08. The standard InChI is InChI=1S/C14H16Cl2N4/c1-9-4-2-3-5-10(9)6-7-18-13-11(15)8-12(16)14(19-13)20-17/h2-5,8H,6-7,17H2,1H3,(H2,18,19,20). The number of nitrogens with one attached hydrogen (secondary N) is 2. The predicted octanol–water partition coefficient (Wildman–Crippen LogP) is 3.64. The van der Waals surface area contributed by atoms with Crippen molar-refractivity contribution in [2.75, 3.05) is 17.3 Å². The molecule has 2 aromatic rings. The monoisotopic (exact) mass is 310 g/mol. The molecule has 0 aliphatic heterocycles. The third kappa shape index (κ3) is 3.54. The van der Waals surface area contributed by atoms with Gasteiger partial charge in [0.1, 0.15) is 5.82 Å². The average molecular weight is 311 g/mol. The topological polar surface area (TPSA) is 63.0 Å². The normalized spacial score (nSPS) is 10.4. The van der Waals surface area contributed by atoms with Gasteiger partial charge in [0.15, 0.2) is 5.82 Å². The highest BCUT2D eigenvalue weighted by molar-refractivity contribution is 6.37. The van der Waals surface area contributed by atoms with E-state index in [-0.39, 0.29) is 0 Å². The molecule has 20 heavy (non-hydrogen) atoms. The second kappa shape index (κ2) is 6.79. The fourth-order valence-electron chi connectivity index (χ4n) is 1.90. The van der Waals surface area contributed by atoms with E-state index in [1.165, 1.54) is 11.1 Å². The first kappa shape index (κ1) is 14.9. The number of hydrogen-bond acceptors (Lipinski definition) is 4. The van der Waals surface area contributed by atoms with E-state index in [2.05, 4.69) is 34.8 Å². The molecule has 0 fully saturated rings. The highest BCUT2D eigenvalue weighted by Crippen LogP contribution is 2.28. The van der Waals surface area contributed by atoms with Gasteiger partial charge in [-0.25, -0.2) is 10.8 Å². The van der Waals surface area contributed by atoms with E-state index in [1.54, 1.807) is 6.07 Å². The van der Waals surface area contributed by atoms with Gasteiger partial charge < -0.3 is 10.7 Å². The summed E-state index contributed by atoms with van der Waals surface area (Å²) in [5, 5.41) is 4.06. The van der Waals surface area contributed by atoms with Gasteiger partial charge in [0.05, 0.1) is 10.0 Å². The first-order valence-electron chi connectivity index (χ1n) is 6.23. The van der Waals surface area contributed by atoms with Gasteiger partial charge in [-0.05, 0) is 30.5 Å². The zero-order valence-electron chi connectivity index (χ0n) is 11.1. The molecule has 0 spiro atoms. The van der Waals surface area contributed by atoms with E-state index < -0.39 is 0 Å². The van der Waals surface area contributed by atoms with Crippen molar-refractivity contribution in [2.24, 2.45) is 5.84 Å². The van der Waals surface area contributed by atoms with Crippen molar-refractivity contribution in [1.82, 2.24) is 4.98 Å². The van der Waals surface area contributed by atoms with Gasteiger partial charge in [-0.3, -0.25) is 0 Å². The lowest BCUT2D eigenvalue weighted by atomic mass is 10.1. The number of aryl methyl sites for hydroxylation is 1. The van der Waals surface area contributed by atoms with Crippen LogP contribution in [0.1, 0.15) is 11.1 Å². The molecule has 0 aliphatic carbocycles. The molecular formula is C14H16Cl2N4. The number of rotatable bonds is 5. The molecule has 1 heterocycles. The minimum atomic E-state index is 0.391. The Kier molecular flexibility index (Phi) is 5.06. The molecule has 0 radical (unpaired) electrons. The van der Waals surface area contributed by atoms with Crippen LogP contribution < -0.4 is 16.6 Å². The minimum absolute atomic E-state index is 0.391. The van der Waals surface area contributed by atoms with Crippen molar-refractivity contribution in [1.29, 1.82) is 0 Å². The van der Waals surface area contributed by atoms with Gasteiger partial charge in [0.25, 0.3) is 0 Å². The molecule has 0 aliphatic rings. The fraction of sp³-hybridized carbons (Fsp3) is 0.214. The third-order valence-corrected chi connectivity index (χ3v) is 3.59. The number of nitrogens with zero attached hydrogens (tertiary/aromatic N) is 1. The Bertz CT molecular complexity index is 602. The van der Waals surface area contributed by atoms with Crippen LogP contribution in [0, 0.1) is 6.92 Å². The number of hydrazine groups is 1. The zero-order valence-corrected chi connectivity index (χ0v) is 12.6. The number of pyridine rings is 1. The van der Waals surface area contributed by atoms with Crippen LogP contribution >= 0.6 is 23.2 Å².